The van der Waals surface area contributed by atoms with Gasteiger partial charge in [0, 0.05) is 17.1 Å². The molecule has 2 heterocycles. The molecule has 9 heteroatoms. The van der Waals surface area contributed by atoms with Crippen molar-refractivity contribution in [2.24, 2.45) is 0 Å². The van der Waals surface area contributed by atoms with Crippen molar-refractivity contribution in [1.82, 2.24) is 9.97 Å². The lowest BCUT2D eigenvalue weighted by molar-refractivity contribution is 0.00578. The predicted molar refractivity (Wildman–Crippen MR) is 136 cm³/mol. The van der Waals surface area contributed by atoms with Crippen LogP contribution in [0.5, 0.6) is 0 Å². The van der Waals surface area contributed by atoms with E-state index < -0.39 is 24.3 Å². The molecular weight excluding hydrogens is 449 g/mol. The Morgan fingerprint density at radius 1 is 1.15 bits per heavy atom. The van der Waals surface area contributed by atoms with Crippen LogP contribution in [0, 0.1) is 6.92 Å². The van der Waals surface area contributed by atoms with Crippen LogP contribution < -0.4 is 10.8 Å². The summed E-state index contributed by atoms with van der Waals surface area (Å²) < 4.78 is 17.4. The predicted octanol–water partition coefficient (Wildman–Crippen LogP) is 5.04. The molecule has 182 valence electrons. The summed E-state index contributed by atoms with van der Waals surface area (Å²) in [6, 6.07) is 5.45. The summed E-state index contributed by atoms with van der Waals surface area (Å²) in [5, 5.41) is 4.87. The van der Waals surface area contributed by atoms with Crippen molar-refractivity contribution in [2.75, 3.05) is 12.4 Å². The van der Waals surface area contributed by atoms with Crippen molar-refractivity contribution in [3.63, 3.8) is 0 Å². The number of nitrogens with zero attached hydrogens (tertiary/aromatic N) is 2. The minimum Gasteiger partial charge on any atom is -0.465 e. The maximum Gasteiger partial charge on any atom is 0.495 e. The van der Waals surface area contributed by atoms with Crippen molar-refractivity contribution in [2.45, 2.75) is 88.2 Å². The van der Waals surface area contributed by atoms with Gasteiger partial charge in [-0.05, 0) is 70.6 Å². The summed E-state index contributed by atoms with van der Waals surface area (Å²) in [5.74, 6) is 0.0508. The van der Waals surface area contributed by atoms with Gasteiger partial charge in [0.05, 0.1) is 23.9 Å². The van der Waals surface area contributed by atoms with Crippen LogP contribution in [0.1, 0.15) is 75.7 Å². The molecule has 0 atom stereocenters. The first kappa shape index (κ1) is 25.0. The van der Waals surface area contributed by atoms with E-state index >= 15 is 0 Å². The number of nitrogens with one attached hydrogen (secondary N) is 1. The lowest BCUT2D eigenvalue weighted by Gasteiger charge is -2.32. The first-order valence-electron chi connectivity index (χ1n) is 11.9. The summed E-state index contributed by atoms with van der Waals surface area (Å²) in [6.45, 7) is 9.98. The Balaban J connectivity index is 1.57. The Kier molecular flexibility index (Phi) is 7.26. The van der Waals surface area contributed by atoms with Gasteiger partial charge in [-0.3, -0.25) is 0 Å². The maximum atomic E-state index is 12.6. The molecule has 1 aliphatic carbocycles. The average Bonchev–Trinajstić information content (AvgIpc) is 3.02. The van der Waals surface area contributed by atoms with E-state index in [-0.39, 0.29) is 0 Å². The van der Waals surface area contributed by atoms with Gasteiger partial charge in [-0.15, -0.1) is 11.8 Å². The number of aromatic nitrogens is 2. The SMILES string of the molecule is COC(=O)c1cc(Nc2ncc(C)c(SC3CCCCC3)n2)ccc1B1OC(C)(C)C(C)(C)O1. The largest absolute Gasteiger partial charge is 0.495 e. The molecule has 1 aliphatic heterocycles. The number of hydrogen-bond donors (Lipinski definition) is 1. The topological polar surface area (TPSA) is 82.6 Å². The highest BCUT2D eigenvalue weighted by atomic mass is 32.2. The lowest BCUT2D eigenvalue weighted by atomic mass is 9.75. The molecule has 1 saturated heterocycles. The second-order valence-corrected chi connectivity index (χ2v) is 11.4. The summed E-state index contributed by atoms with van der Waals surface area (Å²) in [5.41, 5.74) is 1.77. The van der Waals surface area contributed by atoms with Crippen LogP contribution in [-0.2, 0) is 14.0 Å². The molecular formula is C25H34BN3O4S. The smallest absolute Gasteiger partial charge is 0.465 e. The molecule has 7 nitrogen and oxygen atoms in total. The summed E-state index contributed by atoms with van der Waals surface area (Å²) in [7, 11) is 0.705. The van der Waals surface area contributed by atoms with E-state index in [1.165, 1.54) is 39.2 Å². The van der Waals surface area contributed by atoms with Gasteiger partial charge in [-0.2, -0.15) is 0 Å². The maximum absolute atomic E-state index is 12.6. The zero-order valence-corrected chi connectivity index (χ0v) is 21.8. The van der Waals surface area contributed by atoms with Crippen molar-refractivity contribution in [3.05, 3.63) is 35.5 Å². The van der Waals surface area contributed by atoms with Crippen LogP contribution in [0.4, 0.5) is 11.6 Å². The molecule has 4 rings (SSSR count). The van der Waals surface area contributed by atoms with E-state index in [0.717, 1.165) is 10.6 Å². The number of hydrogen-bond acceptors (Lipinski definition) is 8. The van der Waals surface area contributed by atoms with Crippen LogP contribution >= 0.6 is 11.8 Å². The second kappa shape index (κ2) is 9.87. The number of carbonyl (C=O) groups excluding carboxylic acids is 1. The first-order chi connectivity index (χ1) is 16.1. The monoisotopic (exact) mass is 483 g/mol. The summed E-state index contributed by atoms with van der Waals surface area (Å²) in [6.07, 6.45) is 8.23. The van der Waals surface area contributed by atoms with Gasteiger partial charge in [0.1, 0.15) is 5.03 Å². The zero-order chi connectivity index (χ0) is 24.5. The molecule has 0 radical (unpaired) electrons. The fourth-order valence-corrected chi connectivity index (χ4v) is 5.43. The minimum absolute atomic E-state index is 0.384. The lowest BCUT2D eigenvalue weighted by Crippen LogP contribution is -2.41. The standard InChI is InChI=1S/C25H34BN3O4S/c1-16-15-27-23(29-21(16)34-18-10-8-7-9-11-18)28-17-12-13-20(19(14-17)22(30)31-6)26-32-24(2,3)25(4,5)33-26/h12-15,18H,7-11H2,1-6H3,(H,27,28,29). The van der Waals surface area contributed by atoms with Crippen molar-refractivity contribution >= 4 is 41.9 Å². The number of thioether (sulfide) groups is 1. The van der Waals surface area contributed by atoms with E-state index in [0.29, 0.717) is 27.9 Å². The van der Waals surface area contributed by atoms with Crippen LogP contribution in [0.25, 0.3) is 0 Å². The van der Waals surface area contributed by atoms with E-state index in [2.05, 4.69) is 10.3 Å². The molecule has 0 bridgehead atoms. The van der Waals surface area contributed by atoms with E-state index in [1.807, 2.05) is 64.7 Å². The van der Waals surface area contributed by atoms with Crippen LogP contribution in [-0.4, -0.2) is 46.6 Å². The molecule has 1 aromatic heterocycles. The van der Waals surface area contributed by atoms with Gasteiger partial charge < -0.3 is 19.4 Å². The quantitative estimate of drug-likeness (QED) is 0.348. The highest BCUT2D eigenvalue weighted by molar-refractivity contribution is 7.99. The fraction of sp³-hybridized carbons (Fsp3) is 0.560. The number of anilines is 2. The number of esters is 1. The van der Waals surface area contributed by atoms with Gasteiger partial charge in [0.2, 0.25) is 5.95 Å². The molecule has 1 aromatic carbocycles. The van der Waals surface area contributed by atoms with Gasteiger partial charge in [0.25, 0.3) is 0 Å². The molecule has 1 saturated carbocycles. The molecule has 0 spiro atoms. The Morgan fingerprint density at radius 2 is 1.82 bits per heavy atom. The summed E-state index contributed by atoms with van der Waals surface area (Å²) in [4.78, 5) is 21.9. The number of ether oxygens (including phenoxy) is 1. The third-order valence-corrected chi connectivity index (χ3v) is 8.42. The zero-order valence-electron chi connectivity index (χ0n) is 20.9. The third-order valence-electron chi connectivity index (χ3n) is 6.98. The molecule has 1 N–H and O–H groups in total. The van der Waals surface area contributed by atoms with Gasteiger partial charge in [0.15, 0.2) is 0 Å². The average molecular weight is 483 g/mol. The van der Waals surface area contributed by atoms with Crippen LogP contribution in [0.2, 0.25) is 0 Å². The van der Waals surface area contributed by atoms with Crippen molar-refractivity contribution in [1.29, 1.82) is 0 Å². The third kappa shape index (κ3) is 5.26. The molecule has 2 aliphatic rings. The fourth-order valence-electron chi connectivity index (χ4n) is 4.17. The Bertz CT molecular complexity index is 1040. The van der Waals surface area contributed by atoms with Gasteiger partial charge in [-0.25, -0.2) is 14.8 Å². The van der Waals surface area contributed by atoms with Crippen molar-refractivity contribution < 1.29 is 18.8 Å². The number of carbonyl (C=O) groups is 1. The molecule has 0 amide bonds. The van der Waals surface area contributed by atoms with Crippen LogP contribution in [0.3, 0.4) is 0 Å². The molecule has 34 heavy (non-hydrogen) atoms. The van der Waals surface area contributed by atoms with E-state index in [4.69, 9.17) is 19.0 Å². The van der Waals surface area contributed by atoms with E-state index in [1.54, 1.807) is 6.07 Å². The van der Waals surface area contributed by atoms with E-state index in [9.17, 15) is 4.79 Å². The highest BCUT2D eigenvalue weighted by Gasteiger charge is 2.52. The first-order valence-corrected chi connectivity index (χ1v) is 12.8. The normalized spacial score (nSPS) is 19.8. The summed E-state index contributed by atoms with van der Waals surface area (Å²) >= 11 is 1.85. The number of methoxy groups -OCH3 is 1. The molecule has 0 unspecified atom stereocenters. The van der Waals surface area contributed by atoms with Gasteiger partial charge in [-0.1, -0.05) is 25.3 Å². The van der Waals surface area contributed by atoms with Crippen molar-refractivity contribution in [3.8, 4) is 0 Å². The highest BCUT2D eigenvalue weighted by Crippen LogP contribution is 2.37. The Hall–Kier alpha value is -2.10. The minimum atomic E-state index is -0.665. The number of aryl methyl sites for hydroxylation is 1. The molecule has 2 fully saturated rings. The number of rotatable bonds is 6. The van der Waals surface area contributed by atoms with Gasteiger partial charge >= 0.3 is 13.1 Å². The molecule has 2 aromatic rings. The second-order valence-electron chi connectivity index (χ2n) is 10.1. The number of benzene rings is 1. The Labute approximate surface area is 206 Å². The van der Waals surface area contributed by atoms with Crippen LogP contribution in [0.15, 0.2) is 29.4 Å². The Morgan fingerprint density at radius 3 is 2.47 bits per heavy atom.